The third kappa shape index (κ3) is 3.74. The minimum atomic E-state index is -0.300. The van der Waals surface area contributed by atoms with E-state index in [9.17, 15) is 4.79 Å². The van der Waals surface area contributed by atoms with E-state index in [-0.39, 0.29) is 6.09 Å². The summed E-state index contributed by atoms with van der Waals surface area (Å²) in [5.74, 6) is 1.87. The Morgan fingerprint density at radius 1 is 1.48 bits per heavy atom. The van der Waals surface area contributed by atoms with Crippen LogP contribution in [0.5, 0.6) is 0 Å². The fourth-order valence-corrected chi connectivity index (χ4v) is 4.47. The lowest BCUT2D eigenvalue weighted by Crippen LogP contribution is -2.54. The number of furan rings is 1. The van der Waals surface area contributed by atoms with Gasteiger partial charge in [-0.1, -0.05) is 6.92 Å². The molecule has 3 fully saturated rings. The van der Waals surface area contributed by atoms with Gasteiger partial charge in [0.2, 0.25) is 0 Å². The molecule has 0 aliphatic carbocycles. The van der Waals surface area contributed by atoms with E-state index >= 15 is 0 Å². The molecule has 4 atom stereocenters. The molecule has 4 unspecified atom stereocenters. The van der Waals surface area contributed by atoms with Gasteiger partial charge in [-0.25, -0.2) is 4.79 Å². The van der Waals surface area contributed by atoms with Crippen LogP contribution in [0.4, 0.5) is 4.79 Å². The first-order valence-corrected chi connectivity index (χ1v) is 9.88. The standard InChI is InChI=1S/C20H28N4O3/c1-3-7-21-20(25)27-13-15-10-14-6-8-24(15)12-16(14)18-11-17(22-23(18)2)19-5-4-9-26-19/h4-5,9,11,14-16H,3,6-8,10,12-13H2,1-2H3,(H,21,25). The lowest BCUT2D eigenvalue weighted by atomic mass is 9.74. The van der Waals surface area contributed by atoms with Crippen LogP contribution in [-0.2, 0) is 11.8 Å². The molecule has 0 saturated carbocycles. The maximum Gasteiger partial charge on any atom is 0.407 e. The molecule has 3 aliphatic heterocycles. The van der Waals surface area contributed by atoms with Crippen LogP contribution in [0, 0.1) is 5.92 Å². The second-order valence-electron chi connectivity index (χ2n) is 7.62. The minimum absolute atomic E-state index is 0.300. The Hall–Kier alpha value is -2.28. The van der Waals surface area contributed by atoms with E-state index < -0.39 is 0 Å². The van der Waals surface area contributed by atoms with Crippen LogP contribution < -0.4 is 5.32 Å². The van der Waals surface area contributed by atoms with Gasteiger partial charge < -0.3 is 14.5 Å². The van der Waals surface area contributed by atoms with Crippen molar-refractivity contribution in [2.24, 2.45) is 13.0 Å². The molecule has 1 amide bonds. The van der Waals surface area contributed by atoms with Crippen molar-refractivity contribution in [2.75, 3.05) is 26.2 Å². The number of rotatable bonds is 6. The maximum absolute atomic E-state index is 11.7. The molecule has 5 rings (SSSR count). The maximum atomic E-state index is 11.7. The average Bonchev–Trinajstić information content (AvgIpc) is 3.34. The Balaban J connectivity index is 1.40. The van der Waals surface area contributed by atoms with Gasteiger partial charge in [0.1, 0.15) is 12.3 Å². The second kappa shape index (κ2) is 7.76. The number of carbonyl (C=O) groups is 1. The summed E-state index contributed by atoms with van der Waals surface area (Å²) in [6, 6.07) is 6.32. The number of aryl methyl sites for hydroxylation is 1. The average molecular weight is 372 g/mol. The predicted molar refractivity (Wildman–Crippen MR) is 101 cm³/mol. The molecule has 0 spiro atoms. The molecule has 7 heteroatoms. The van der Waals surface area contributed by atoms with Crippen molar-refractivity contribution in [2.45, 2.75) is 38.1 Å². The first-order valence-electron chi connectivity index (χ1n) is 9.88. The third-order valence-electron chi connectivity index (χ3n) is 5.87. The summed E-state index contributed by atoms with van der Waals surface area (Å²) < 4.78 is 12.9. The number of carbonyl (C=O) groups excluding carboxylic acids is 1. The smallest absolute Gasteiger partial charge is 0.407 e. The Bertz CT molecular complexity index is 770. The van der Waals surface area contributed by atoms with Crippen molar-refractivity contribution in [3.8, 4) is 11.5 Å². The van der Waals surface area contributed by atoms with Crippen LogP contribution in [0.2, 0.25) is 0 Å². The number of piperidine rings is 3. The fraction of sp³-hybridized carbons (Fsp3) is 0.600. The molecule has 2 aromatic rings. The zero-order valence-corrected chi connectivity index (χ0v) is 16.1. The molecule has 146 valence electrons. The van der Waals surface area contributed by atoms with Crippen LogP contribution in [0.25, 0.3) is 11.5 Å². The van der Waals surface area contributed by atoms with E-state index in [4.69, 9.17) is 9.15 Å². The van der Waals surface area contributed by atoms with E-state index in [2.05, 4.69) is 21.4 Å². The summed E-state index contributed by atoms with van der Waals surface area (Å²) in [4.78, 5) is 14.2. The molecule has 0 aromatic carbocycles. The quantitative estimate of drug-likeness (QED) is 0.844. The van der Waals surface area contributed by atoms with E-state index in [1.54, 1.807) is 6.26 Å². The van der Waals surface area contributed by atoms with Crippen LogP contribution in [0.1, 0.15) is 37.8 Å². The second-order valence-corrected chi connectivity index (χ2v) is 7.62. The van der Waals surface area contributed by atoms with Crippen LogP contribution in [-0.4, -0.2) is 53.1 Å². The summed E-state index contributed by atoms with van der Waals surface area (Å²) in [6.45, 7) is 5.24. The van der Waals surface area contributed by atoms with Gasteiger partial charge in [0.15, 0.2) is 5.76 Å². The zero-order valence-electron chi connectivity index (χ0n) is 16.1. The number of aromatic nitrogens is 2. The molecule has 2 aromatic heterocycles. The number of alkyl carbamates (subject to hydrolysis) is 1. The molecule has 7 nitrogen and oxygen atoms in total. The number of amides is 1. The first kappa shape index (κ1) is 18.1. The molecule has 3 saturated heterocycles. The van der Waals surface area contributed by atoms with E-state index in [0.717, 1.165) is 37.4 Å². The SMILES string of the molecule is CCCNC(=O)OCC1CC2CCN1CC2c1cc(-c2ccco2)nn1C. The molecule has 1 N–H and O–H groups in total. The monoisotopic (exact) mass is 372 g/mol. The fourth-order valence-electron chi connectivity index (χ4n) is 4.47. The molecule has 27 heavy (non-hydrogen) atoms. The number of nitrogens with zero attached hydrogens (tertiary/aromatic N) is 3. The summed E-state index contributed by atoms with van der Waals surface area (Å²) in [5, 5.41) is 7.42. The Morgan fingerprint density at radius 2 is 2.37 bits per heavy atom. The largest absolute Gasteiger partial charge is 0.463 e. The third-order valence-corrected chi connectivity index (χ3v) is 5.87. The Morgan fingerprint density at radius 3 is 3.07 bits per heavy atom. The van der Waals surface area contributed by atoms with E-state index in [1.165, 1.54) is 12.1 Å². The van der Waals surface area contributed by atoms with Crippen LogP contribution in [0.15, 0.2) is 28.9 Å². The van der Waals surface area contributed by atoms with Crippen molar-refractivity contribution < 1.29 is 13.9 Å². The first-order chi connectivity index (χ1) is 13.2. The summed E-state index contributed by atoms with van der Waals surface area (Å²) in [7, 11) is 2.01. The van der Waals surface area contributed by atoms with E-state index in [1.807, 2.05) is 30.8 Å². The molecule has 3 aliphatic rings. The highest BCUT2D eigenvalue weighted by Gasteiger charge is 2.42. The normalized spacial score (nSPS) is 26.9. The van der Waals surface area contributed by atoms with Gasteiger partial charge in [0, 0.05) is 37.8 Å². The topological polar surface area (TPSA) is 72.5 Å². The lowest BCUT2D eigenvalue weighted by molar-refractivity contribution is -0.00414. The summed E-state index contributed by atoms with van der Waals surface area (Å²) in [5.41, 5.74) is 2.15. The summed E-state index contributed by atoms with van der Waals surface area (Å²) in [6.07, 6.45) is 4.54. The van der Waals surface area contributed by atoms with E-state index in [0.29, 0.717) is 31.0 Å². The highest BCUT2D eigenvalue weighted by Crippen LogP contribution is 2.42. The van der Waals surface area contributed by atoms with Crippen LogP contribution in [0.3, 0.4) is 0 Å². The Kier molecular flexibility index (Phi) is 5.20. The highest BCUT2D eigenvalue weighted by molar-refractivity contribution is 5.67. The van der Waals surface area contributed by atoms with Gasteiger partial charge in [-0.05, 0) is 49.9 Å². The van der Waals surface area contributed by atoms with Crippen LogP contribution >= 0.6 is 0 Å². The molecule has 0 radical (unpaired) electrons. The highest BCUT2D eigenvalue weighted by atomic mass is 16.5. The van der Waals surface area contributed by atoms with Crippen molar-refractivity contribution >= 4 is 6.09 Å². The van der Waals surface area contributed by atoms with Gasteiger partial charge in [-0.2, -0.15) is 5.10 Å². The van der Waals surface area contributed by atoms with Crippen molar-refractivity contribution in [3.05, 3.63) is 30.2 Å². The van der Waals surface area contributed by atoms with Gasteiger partial charge in [0.25, 0.3) is 0 Å². The van der Waals surface area contributed by atoms with Gasteiger partial charge in [-0.3, -0.25) is 9.58 Å². The molecular weight excluding hydrogens is 344 g/mol. The number of nitrogens with one attached hydrogen (secondary N) is 1. The summed E-state index contributed by atoms with van der Waals surface area (Å²) >= 11 is 0. The van der Waals surface area contributed by atoms with Gasteiger partial charge in [0.05, 0.1) is 6.26 Å². The number of hydrogen-bond acceptors (Lipinski definition) is 5. The molecular formula is C20H28N4O3. The van der Waals surface area contributed by atoms with Crippen molar-refractivity contribution in [3.63, 3.8) is 0 Å². The minimum Gasteiger partial charge on any atom is -0.463 e. The zero-order chi connectivity index (χ0) is 18.8. The predicted octanol–water partition coefficient (Wildman–Crippen LogP) is 2.99. The number of ether oxygens (including phenoxy) is 1. The Labute approximate surface area is 159 Å². The van der Waals surface area contributed by atoms with Crippen molar-refractivity contribution in [1.29, 1.82) is 0 Å². The van der Waals surface area contributed by atoms with Crippen molar-refractivity contribution in [1.82, 2.24) is 20.0 Å². The number of hydrogen-bond donors (Lipinski definition) is 1. The van der Waals surface area contributed by atoms with Gasteiger partial charge >= 0.3 is 6.09 Å². The lowest BCUT2D eigenvalue weighted by Gasteiger charge is -2.49. The number of fused-ring (bicyclic) bond motifs is 3. The molecule has 2 bridgehead atoms. The van der Waals surface area contributed by atoms with Gasteiger partial charge in [-0.15, -0.1) is 0 Å². The molecule has 5 heterocycles.